The average molecular weight is 340 g/mol. The van der Waals surface area contributed by atoms with Crippen LogP contribution in [0.25, 0.3) is 22.5 Å². The minimum absolute atomic E-state index is 0.281. The predicted molar refractivity (Wildman–Crippen MR) is 93.4 cm³/mol. The quantitative estimate of drug-likeness (QED) is 0.668. The zero-order valence-corrected chi connectivity index (χ0v) is 14.7. The summed E-state index contributed by atoms with van der Waals surface area (Å²) in [6.07, 6.45) is 1.91. The molecule has 25 heavy (non-hydrogen) atoms. The van der Waals surface area contributed by atoms with Crippen molar-refractivity contribution < 1.29 is 14.3 Å². The molecule has 2 aromatic heterocycles. The molecule has 7 heteroatoms. The number of carbonyl (C=O) groups is 1. The average Bonchev–Trinajstić information content (AvgIpc) is 3.18. The molecule has 7 nitrogen and oxygen atoms in total. The first kappa shape index (κ1) is 16.8. The Hall–Kier alpha value is -3.09. The third kappa shape index (κ3) is 3.26. The summed E-state index contributed by atoms with van der Waals surface area (Å²) >= 11 is 0. The molecule has 0 unspecified atom stereocenters. The van der Waals surface area contributed by atoms with Crippen LogP contribution in [0.2, 0.25) is 0 Å². The number of ether oxygens (including phenoxy) is 2. The zero-order chi connectivity index (χ0) is 18.0. The van der Waals surface area contributed by atoms with Gasteiger partial charge in [-0.1, -0.05) is 0 Å². The Morgan fingerprint density at radius 3 is 2.52 bits per heavy atom. The number of benzene rings is 1. The van der Waals surface area contributed by atoms with Crippen LogP contribution < -0.4 is 4.74 Å². The van der Waals surface area contributed by atoms with Gasteiger partial charge in [-0.25, -0.2) is 4.79 Å². The van der Waals surface area contributed by atoms with E-state index in [0.29, 0.717) is 6.61 Å². The van der Waals surface area contributed by atoms with Crippen molar-refractivity contribution in [3.05, 3.63) is 42.2 Å². The minimum Gasteiger partial charge on any atom is -0.497 e. The maximum atomic E-state index is 11.9. The lowest BCUT2D eigenvalue weighted by Crippen LogP contribution is -2.05. The van der Waals surface area contributed by atoms with Crippen LogP contribution in [0.3, 0.4) is 0 Å². The van der Waals surface area contributed by atoms with Crippen molar-refractivity contribution in [2.75, 3.05) is 13.7 Å². The molecule has 0 spiro atoms. The van der Waals surface area contributed by atoms with Crippen molar-refractivity contribution in [2.24, 2.45) is 14.1 Å². The monoisotopic (exact) mass is 340 g/mol. The maximum Gasteiger partial charge on any atom is 0.358 e. The fourth-order valence-electron chi connectivity index (χ4n) is 2.66. The first-order chi connectivity index (χ1) is 12.0. The van der Waals surface area contributed by atoms with Crippen LogP contribution in [-0.2, 0) is 18.8 Å². The first-order valence-corrected chi connectivity index (χ1v) is 7.93. The highest BCUT2D eigenvalue weighted by Crippen LogP contribution is 2.32. The van der Waals surface area contributed by atoms with Crippen LogP contribution in [0.5, 0.6) is 5.75 Å². The Bertz CT molecular complexity index is 894. The normalized spacial score (nSPS) is 10.7. The van der Waals surface area contributed by atoms with E-state index in [2.05, 4.69) is 10.2 Å². The van der Waals surface area contributed by atoms with Crippen molar-refractivity contribution in [3.8, 4) is 28.3 Å². The lowest BCUT2D eigenvalue weighted by Gasteiger charge is -2.04. The lowest BCUT2D eigenvalue weighted by molar-refractivity contribution is 0.0518. The van der Waals surface area contributed by atoms with Crippen molar-refractivity contribution >= 4 is 5.97 Å². The van der Waals surface area contributed by atoms with Gasteiger partial charge in [-0.3, -0.25) is 9.36 Å². The summed E-state index contributed by atoms with van der Waals surface area (Å²) < 4.78 is 13.6. The van der Waals surface area contributed by atoms with Crippen LogP contribution in [0, 0.1) is 0 Å². The summed E-state index contributed by atoms with van der Waals surface area (Å²) in [7, 11) is 5.29. The summed E-state index contributed by atoms with van der Waals surface area (Å²) in [6, 6.07) is 9.41. The van der Waals surface area contributed by atoms with E-state index in [1.54, 1.807) is 36.5 Å². The number of aromatic nitrogens is 4. The van der Waals surface area contributed by atoms with Gasteiger partial charge in [0, 0.05) is 31.4 Å². The Morgan fingerprint density at radius 2 is 1.88 bits per heavy atom. The highest BCUT2D eigenvalue weighted by atomic mass is 16.5. The largest absolute Gasteiger partial charge is 0.497 e. The van der Waals surface area contributed by atoms with Crippen LogP contribution in [0.4, 0.5) is 0 Å². The van der Waals surface area contributed by atoms with Gasteiger partial charge in [0.1, 0.15) is 11.4 Å². The SMILES string of the molecule is CCOC(=O)c1cc(-c2cn(C)nc2-c2ccc(OC)cc2)n(C)n1. The van der Waals surface area contributed by atoms with Gasteiger partial charge in [-0.15, -0.1) is 0 Å². The second-order valence-electron chi connectivity index (χ2n) is 5.55. The number of rotatable bonds is 5. The number of methoxy groups -OCH3 is 1. The summed E-state index contributed by atoms with van der Waals surface area (Å²) in [5.74, 6) is 0.352. The van der Waals surface area contributed by atoms with Gasteiger partial charge in [0.05, 0.1) is 19.4 Å². The molecular weight excluding hydrogens is 320 g/mol. The second-order valence-corrected chi connectivity index (χ2v) is 5.55. The Kier molecular flexibility index (Phi) is 4.56. The summed E-state index contributed by atoms with van der Waals surface area (Å²) in [5.41, 5.74) is 3.72. The van der Waals surface area contributed by atoms with E-state index in [-0.39, 0.29) is 5.69 Å². The van der Waals surface area contributed by atoms with Gasteiger partial charge in [-0.2, -0.15) is 10.2 Å². The molecule has 2 heterocycles. The molecule has 0 atom stereocenters. The second kappa shape index (κ2) is 6.80. The Labute approximate surface area is 145 Å². The van der Waals surface area contributed by atoms with Crippen molar-refractivity contribution in [3.63, 3.8) is 0 Å². The van der Waals surface area contributed by atoms with E-state index in [1.165, 1.54) is 0 Å². The Morgan fingerprint density at radius 1 is 1.16 bits per heavy atom. The molecule has 1 aromatic carbocycles. The number of aryl methyl sites for hydroxylation is 2. The Balaban J connectivity index is 2.05. The number of esters is 1. The topological polar surface area (TPSA) is 71.2 Å². The predicted octanol–water partition coefficient (Wildman–Crippen LogP) is 2.67. The molecule has 3 aromatic rings. The number of hydrogen-bond donors (Lipinski definition) is 0. The number of carbonyl (C=O) groups excluding carboxylic acids is 1. The van der Waals surface area contributed by atoms with E-state index in [1.807, 2.05) is 37.5 Å². The van der Waals surface area contributed by atoms with E-state index in [9.17, 15) is 4.79 Å². The fourth-order valence-corrected chi connectivity index (χ4v) is 2.66. The highest BCUT2D eigenvalue weighted by Gasteiger charge is 2.19. The van der Waals surface area contributed by atoms with Gasteiger partial charge in [0.15, 0.2) is 5.69 Å². The van der Waals surface area contributed by atoms with Crippen LogP contribution in [0.1, 0.15) is 17.4 Å². The van der Waals surface area contributed by atoms with E-state index < -0.39 is 5.97 Å². The summed E-state index contributed by atoms with van der Waals surface area (Å²) in [5, 5.41) is 8.82. The van der Waals surface area contributed by atoms with E-state index in [0.717, 1.165) is 28.3 Å². The molecule has 0 aliphatic rings. The minimum atomic E-state index is -0.431. The van der Waals surface area contributed by atoms with Crippen molar-refractivity contribution in [1.29, 1.82) is 0 Å². The zero-order valence-electron chi connectivity index (χ0n) is 14.7. The molecule has 0 radical (unpaired) electrons. The molecule has 0 bridgehead atoms. The third-order valence-corrected chi connectivity index (χ3v) is 3.83. The van der Waals surface area contributed by atoms with Crippen LogP contribution in [-0.4, -0.2) is 39.2 Å². The summed E-state index contributed by atoms with van der Waals surface area (Å²) in [4.78, 5) is 11.9. The van der Waals surface area contributed by atoms with Crippen LogP contribution in [0.15, 0.2) is 36.5 Å². The smallest absolute Gasteiger partial charge is 0.358 e. The number of hydrogen-bond acceptors (Lipinski definition) is 5. The molecule has 0 amide bonds. The molecule has 0 aliphatic heterocycles. The number of nitrogens with zero attached hydrogens (tertiary/aromatic N) is 4. The van der Waals surface area contributed by atoms with E-state index >= 15 is 0 Å². The first-order valence-electron chi connectivity index (χ1n) is 7.93. The van der Waals surface area contributed by atoms with Crippen molar-refractivity contribution in [1.82, 2.24) is 19.6 Å². The molecule has 3 rings (SSSR count). The van der Waals surface area contributed by atoms with Gasteiger partial charge in [0.25, 0.3) is 0 Å². The highest BCUT2D eigenvalue weighted by molar-refractivity contribution is 5.90. The van der Waals surface area contributed by atoms with Gasteiger partial charge >= 0.3 is 5.97 Å². The molecular formula is C18H20N4O3. The molecule has 0 saturated heterocycles. The summed E-state index contributed by atoms with van der Waals surface area (Å²) in [6.45, 7) is 2.08. The standard InChI is InChI=1S/C18H20N4O3/c1-5-25-18(23)15-10-16(22(3)19-15)14-11-21(2)20-17(14)12-6-8-13(24-4)9-7-12/h6-11H,5H2,1-4H3. The van der Waals surface area contributed by atoms with Gasteiger partial charge < -0.3 is 9.47 Å². The molecule has 0 N–H and O–H groups in total. The maximum absolute atomic E-state index is 11.9. The van der Waals surface area contributed by atoms with Gasteiger partial charge in [0.2, 0.25) is 0 Å². The van der Waals surface area contributed by atoms with Crippen molar-refractivity contribution in [2.45, 2.75) is 6.92 Å². The lowest BCUT2D eigenvalue weighted by atomic mass is 10.1. The van der Waals surface area contributed by atoms with Gasteiger partial charge in [-0.05, 0) is 37.3 Å². The third-order valence-electron chi connectivity index (χ3n) is 3.83. The van der Waals surface area contributed by atoms with E-state index in [4.69, 9.17) is 9.47 Å². The molecule has 0 aliphatic carbocycles. The van der Waals surface area contributed by atoms with Crippen LogP contribution >= 0.6 is 0 Å². The molecule has 0 fully saturated rings. The fraction of sp³-hybridized carbons (Fsp3) is 0.278. The molecule has 0 saturated carbocycles. The molecule has 130 valence electrons.